The van der Waals surface area contributed by atoms with Crippen molar-refractivity contribution in [2.75, 3.05) is 7.11 Å². The van der Waals surface area contributed by atoms with Crippen molar-refractivity contribution in [1.29, 1.82) is 0 Å². The minimum atomic E-state index is -0.356. The predicted molar refractivity (Wildman–Crippen MR) is 75.1 cm³/mol. The molecule has 3 rings (SSSR count). The summed E-state index contributed by atoms with van der Waals surface area (Å²) < 4.78 is 12.1. The van der Waals surface area contributed by atoms with Gasteiger partial charge in [-0.2, -0.15) is 0 Å². The summed E-state index contributed by atoms with van der Waals surface area (Å²) in [5.74, 6) is -0.356. The van der Waals surface area contributed by atoms with Gasteiger partial charge in [0, 0.05) is 6.20 Å². The number of nitrogens with zero attached hydrogens (tertiary/aromatic N) is 3. The fourth-order valence-corrected chi connectivity index (χ4v) is 1.92. The van der Waals surface area contributed by atoms with Gasteiger partial charge in [0.05, 0.1) is 12.7 Å². The maximum absolute atomic E-state index is 11.3. The van der Waals surface area contributed by atoms with E-state index in [2.05, 4.69) is 14.9 Å². The number of rotatable bonds is 4. The predicted octanol–water partition coefficient (Wildman–Crippen LogP) is 2.09. The first kappa shape index (κ1) is 13.1. The first-order valence-electron chi connectivity index (χ1n) is 6.38. The molecule has 0 spiro atoms. The van der Waals surface area contributed by atoms with Gasteiger partial charge in [0.25, 0.3) is 0 Å². The molecule has 0 atom stereocenters. The van der Waals surface area contributed by atoms with E-state index in [0.717, 1.165) is 11.2 Å². The second-order valence-electron chi connectivity index (χ2n) is 4.39. The van der Waals surface area contributed by atoms with E-state index in [1.54, 1.807) is 16.5 Å². The molecule has 0 saturated carbocycles. The zero-order valence-electron chi connectivity index (χ0n) is 11.4. The standard InChI is InChI=1S/C15H13N3O3/c1-20-14(19)12-7-5-11(6-8-12)10-21-15-17-16-13-4-2-3-9-18(13)15/h2-9H,10H2,1H3. The number of carbonyl (C=O) groups excluding carboxylic acids is 1. The van der Waals surface area contributed by atoms with E-state index in [9.17, 15) is 4.79 Å². The van der Waals surface area contributed by atoms with Gasteiger partial charge in [-0.3, -0.25) is 4.40 Å². The van der Waals surface area contributed by atoms with Gasteiger partial charge in [-0.15, -0.1) is 5.10 Å². The van der Waals surface area contributed by atoms with Crippen LogP contribution >= 0.6 is 0 Å². The van der Waals surface area contributed by atoms with E-state index in [1.165, 1.54) is 7.11 Å². The van der Waals surface area contributed by atoms with Gasteiger partial charge in [0.15, 0.2) is 5.65 Å². The minimum Gasteiger partial charge on any atom is -0.465 e. The van der Waals surface area contributed by atoms with Crippen LogP contribution in [0.4, 0.5) is 0 Å². The van der Waals surface area contributed by atoms with Crippen molar-refractivity contribution in [3.63, 3.8) is 0 Å². The van der Waals surface area contributed by atoms with Crippen molar-refractivity contribution >= 4 is 11.6 Å². The van der Waals surface area contributed by atoms with E-state index in [0.29, 0.717) is 18.2 Å². The van der Waals surface area contributed by atoms with Crippen molar-refractivity contribution in [1.82, 2.24) is 14.6 Å². The number of benzene rings is 1. The van der Waals surface area contributed by atoms with Crippen LogP contribution in [-0.2, 0) is 11.3 Å². The first-order valence-corrected chi connectivity index (χ1v) is 6.38. The fourth-order valence-electron chi connectivity index (χ4n) is 1.92. The van der Waals surface area contributed by atoms with Crippen LogP contribution in [0.25, 0.3) is 5.65 Å². The van der Waals surface area contributed by atoms with Crippen LogP contribution in [0.1, 0.15) is 15.9 Å². The maximum atomic E-state index is 11.3. The number of hydrogen-bond acceptors (Lipinski definition) is 5. The molecular formula is C15H13N3O3. The highest BCUT2D eigenvalue weighted by Gasteiger charge is 2.07. The summed E-state index contributed by atoms with van der Waals surface area (Å²) in [6, 6.07) is 13.1. The molecule has 0 aliphatic carbocycles. The maximum Gasteiger partial charge on any atom is 0.337 e. The Bertz CT molecular complexity index is 765. The van der Waals surface area contributed by atoms with E-state index >= 15 is 0 Å². The average Bonchev–Trinajstić information content (AvgIpc) is 2.96. The Hall–Kier alpha value is -2.89. The highest BCUT2D eigenvalue weighted by Crippen LogP contribution is 2.13. The van der Waals surface area contributed by atoms with Gasteiger partial charge in [-0.1, -0.05) is 23.3 Å². The van der Waals surface area contributed by atoms with Gasteiger partial charge >= 0.3 is 12.0 Å². The summed E-state index contributed by atoms with van der Waals surface area (Å²) in [6.45, 7) is 0.344. The molecule has 1 aromatic carbocycles. The van der Waals surface area contributed by atoms with Crippen LogP contribution in [0.15, 0.2) is 48.7 Å². The smallest absolute Gasteiger partial charge is 0.337 e. The Kier molecular flexibility index (Phi) is 3.51. The number of fused-ring (bicyclic) bond motifs is 1. The number of carbonyl (C=O) groups is 1. The Morgan fingerprint density at radius 2 is 1.95 bits per heavy atom. The van der Waals surface area contributed by atoms with Gasteiger partial charge in [-0.05, 0) is 29.8 Å². The number of pyridine rings is 1. The largest absolute Gasteiger partial charge is 0.465 e. The molecule has 21 heavy (non-hydrogen) atoms. The second-order valence-corrected chi connectivity index (χ2v) is 4.39. The summed E-state index contributed by atoms with van der Waals surface area (Å²) in [6.07, 6.45) is 1.84. The molecule has 3 aromatic rings. The van der Waals surface area contributed by atoms with Crippen LogP contribution < -0.4 is 4.74 Å². The SMILES string of the molecule is COC(=O)c1ccc(COc2nnc3ccccn23)cc1. The molecule has 0 aliphatic heterocycles. The van der Waals surface area contributed by atoms with Crippen LogP contribution in [-0.4, -0.2) is 27.7 Å². The molecule has 2 aromatic heterocycles. The summed E-state index contributed by atoms with van der Waals surface area (Å²) in [4.78, 5) is 11.3. The summed E-state index contributed by atoms with van der Waals surface area (Å²) in [5.41, 5.74) is 2.16. The zero-order valence-corrected chi connectivity index (χ0v) is 11.4. The van der Waals surface area contributed by atoms with Crippen LogP contribution in [0.2, 0.25) is 0 Å². The molecule has 0 saturated heterocycles. The molecule has 0 aliphatic rings. The van der Waals surface area contributed by atoms with E-state index < -0.39 is 0 Å². The first-order chi connectivity index (χ1) is 10.3. The normalized spacial score (nSPS) is 10.5. The Morgan fingerprint density at radius 3 is 2.71 bits per heavy atom. The summed E-state index contributed by atoms with van der Waals surface area (Å²) >= 11 is 0. The number of methoxy groups -OCH3 is 1. The molecule has 6 heteroatoms. The highest BCUT2D eigenvalue weighted by molar-refractivity contribution is 5.89. The molecule has 0 N–H and O–H groups in total. The molecule has 2 heterocycles. The lowest BCUT2D eigenvalue weighted by Gasteiger charge is -2.05. The summed E-state index contributed by atoms with van der Waals surface area (Å²) in [5, 5.41) is 7.99. The third-order valence-electron chi connectivity index (χ3n) is 3.03. The minimum absolute atomic E-state index is 0.344. The lowest BCUT2D eigenvalue weighted by Crippen LogP contribution is -2.02. The number of hydrogen-bond donors (Lipinski definition) is 0. The van der Waals surface area contributed by atoms with Gasteiger partial charge in [0.2, 0.25) is 0 Å². The molecule has 0 bridgehead atoms. The zero-order chi connectivity index (χ0) is 14.7. The third kappa shape index (κ3) is 2.69. The Labute approximate surface area is 120 Å². The van der Waals surface area contributed by atoms with Gasteiger partial charge in [-0.25, -0.2) is 4.79 Å². The van der Waals surface area contributed by atoms with Crippen LogP contribution in [0, 0.1) is 0 Å². The number of ether oxygens (including phenoxy) is 2. The van der Waals surface area contributed by atoms with Gasteiger partial charge in [0.1, 0.15) is 6.61 Å². The molecule has 0 amide bonds. The second kappa shape index (κ2) is 5.62. The Morgan fingerprint density at radius 1 is 1.14 bits per heavy atom. The van der Waals surface area contributed by atoms with Crippen LogP contribution in [0.3, 0.4) is 0 Å². The van der Waals surface area contributed by atoms with Crippen LogP contribution in [0.5, 0.6) is 6.01 Å². The topological polar surface area (TPSA) is 65.7 Å². The van der Waals surface area contributed by atoms with E-state index in [4.69, 9.17) is 4.74 Å². The number of aromatic nitrogens is 3. The van der Waals surface area contributed by atoms with E-state index in [1.807, 2.05) is 36.5 Å². The van der Waals surface area contributed by atoms with Crippen molar-refractivity contribution in [3.8, 4) is 6.01 Å². The average molecular weight is 283 g/mol. The van der Waals surface area contributed by atoms with Crippen molar-refractivity contribution in [2.45, 2.75) is 6.61 Å². The molecule has 0 fully saturated rings. The monoisotopic (exact) mass is 283 g/mol. The molecule has 106 valence electrons. The lowest BCUT2D eigenvalue weighted by molar-refractivity contribution is 0.0600. The molecule has 6 nitrogen and oxygen atoms in total. The highest BCUT2D eigenvalue weighted by atomic mass is 16.5. The lowest BCUT2D eigenvalue weighted by atomic mass is 10.1. The quantitative estimate of drug-likeness (QED) is 0.686. The van der Waals surface area contributed by atoms with Crippen molar-refractivity contribution < 1.29 is 14.3 Å². The fraction of sp³-hybridized carbons (Fsp3) is 0.133. The van der Waals surface area contributed by atoms with Crippen molar-refractivity contribution in [2.24, 2.45) is 0 Å². The van der Waals surface area contributed by atoms with E-state index in [-0.39, 0.29) is 5.97 Å². The Balaban J connectivity index is 1.71. The third-order valence-corrected chi connectivity index (χ3v) is 3.03. The summed E-state index contributed by atoms with van der Waals surface area (Å²) in [7, 11) is 1.36. The molecule has 0 radical (unpaired) electrons. The molecule has 0 unspecified atom stereocenters. The molecular weight excluding hydrogens is 270 g/mol. The van der Waals surface area contributed by atoms with Crippen molar-refractivity contribution in [3.05, 3.63) is 59.8 Å². The van der Waals surface area contributed by atoms with Gasteiger partial charge < -0.3 is 9.47 Å². The number of esters is 1.